The average molecular weight is 349 g/mol. The van der Waals surface area contributed by atoms with Gasteiger partial charge in [0.25, 0.3) is 5.91 Å². The fraction of sp³-hybridized carbons (Fsp3) is 0.500. The van der Waals surface area contributed by atoms with Gasteiger partial charge in [-0.2, -0.15) is 0 Å². The first kappa shape index (κ1) is 16.1. The number of carbonyl (C=O) groups excluding carboxylic acids is 2. The minimum Gasteiger partial charge on any atom is -0.336 e. The van der Waals surface area contributed by atoms with E-state index in [-0.39, 0.29) is 18.5 Å². The predicted molar refractivity (Wildman–Crippen MR) is 79.3 cm³/mol. The van der Waals surface area contributed by atoms with Gasteiger partial charge in [0.05, 0.1) is 15.7 Å². The summed E-state index contributed by atoms with van der Waals surface area (Å²) in [7, 11) is 1.92. The van der Waals surface area contributed by atoms with E-state index < -0.39 is 6.03 Å². The molecule has 0 bridgehead atoms. The maximum atomic E-state index is 11.6. The van der Waals surface area contributed by atoms with E-state index in [9.17, 15) is 9.59 Å². The van der Waals surface area contributed by atoms with Crippen LogP contribution in [0.1, 0.15) is 18.7 Å². The molecule has 0 saturated heterocycles. The van der Waals surface area contributed by atoms with E-state index in [0.29, 0.717) is 0 Å². The van der Waals surface area contributed by atoms with Gasteiger partial charge < -0.3 is 10.2 Å². The second-order valence-electron chi connectivity index (χ2n) is 4.69. The van der Waals surface area contributed by atoms with Crippen molar-refractivity contribution in [2.45, 2.75) is 26.4 Å². The Morgan fingerprint density at radius 3 is 2.63 bits per heavy atom. The summed E-state index contributed by atoms with van der Waals surface area (Å²) >= 11 is 5.06. The maximum absolute atomic E-state index is 11.6. The molecule has 1 aromatic rings. The van der Waals surface area contributed by atoms with Crippen molar-refractivity contribution in [3.63, 3.8) is 0 Å². The van der Waals surface area contributed by atoms with Crippen LogP contribution >= 0.6 is 27.3 Å². The number of halogens is 1. The summed E-state index contributed by atoms with van der Waals surface area (Å²) in [6, 6.07) is 3.60. The topological polar surface area (TPSA) is 62.6 Å². The summed E-state index contributed by atoms with van der Waals surface area (Å²) in [6.07, 6.45) is 0. The lowest BCUT2D eigenvalue weighted by molar-refractivity contribution is -0.885. The van der Waals surface area contributed by atoms with Gasteiger partial charge in [0, 0.05) is 6.04 Å². The Morgan fingerprint density at radius 1 is 1.42 bits per heavy atom. The number of imide groups is 1. The Bertz CT molecular complexity index is 448. The van der Waals surface area contributed by atoms with Crippen LogP contribution in [0.25, 0.3) is 0 Å². The van der Waals surface area contributed by atoms with Gasteiger partial charge in [-0.15, -0.1) is 11.3 Å². The fourth-order valence-corrected chi connectivity index (χ4v) is 3.15. The molecule has 19 heavy (non-hydrogen) atoms. The third kappa shape index (κ3) is 6.70. The van der Waals surface area contributed by atoms with Gasteiger partial charge in [0.15, 0.2) is 6.54 Å². The van der Waals surface area contributed by atoms with E-state index in [0.717, 1.165) is 15.2 Å². The van der Waals surface area contributed by atoms with Crippen LogP contribution in [-0.4, -0.2) is 31.6 Å². The molecule has 0 spiro atoms. The molecule has 7 heteroatoms. The van der Waals surface area contributed by atoms with Gasteiger partial charge in [-0.1, -0.05) is 0 Å². The van der Waals surface area contributed by atoms with Crippen LogP contribution in [0.15, 0.2) is 15.9 Å². The highest BCUT2D eigenvalue weighted by molar-refractivity contribution is 9.11. The van der Waals surface area contributed by atoms with Gasteiger partial charge in [0.1, 0.15) is 6.54 Å². The Labute approximate surface area is 125 Å². The molecule has 3 N–H and O–H groups in total. The number of likely N-dealkylation sites (N-methyl/N-ethyl adjacent to an activating group) is 1. The van der Waals surface area contributed by atoms with Crippen molar-refractivity contribution in [1.82, 2.24) is 10.6 Å². The molecule has 1 atom stereocenters. The SMILES string of the molecule is CC(C)NC(=O)NC(=O)C[NH+](C)Cc1ccc(Br)s1. The molecule has 1 unspecified atom stereocenters. The van der Waals surface area contributed by atoms with Crippen LogP contribution in [-0.2, 0) is 11.3 Å². The zero-order valence-corrected chi connectivity index (χ0v) is 13.7. The minimum absolute atomic E-state index is 0.0151. The van der Waals surface area contributed by atoms with Gasteiger partial charge >= 0.3 is 6.03 Å². The van der Waals surface area contributed by atoms with Crippen molar-refractivity contribution in [3.05, 3.63) is 20.8 Å². The number of urea groups is 1. The third-order valence-corrected chi connectivity index (χ3v) is 3.86. The Morgan fingerprint density at radius 2 is 2.11 bits per heavy atom. The summed E-state index contributed by atoms with van der Waals surface area (Å²) in [6.45, 7) is 4.71. The first-order valence-corrected chi connectivity index (χ1v) is 7.63. The van der Waals surface area contributed by atoms with E-state index in [1.165, 1.54) is 4.88 Å². The molecular weight excluding hydrogens is 330 g/mol. The van der Waals surface area contributed by atoms with Crippen molar-refractivity contribution in [3.8, 4) is 0 Å². The maximum Gasteiger partial charge on any atom is 0.321 e. The molecule has 0 fully saturated rings. The number of thiophene rings is 1. The molecule has 0 radical (unpaired) electrons. The first-order chi connectivity index (χ1) is 8.86. The lowest BCUT2D eigenvalue weighted by Crippen LogP contribution is -3.08. The molecule has 0 saturated carbocycles. The summed E-state index contributed by atoms with van der Waals surface area (Å²) in [5.74, 6) is -0.272. The molecular formula is C12H19BrN3O2S+. The van der Waals surface area contributed by atoms with Crippen molar-refractivity contribution in [2.75, 3.05) is 13.6 Å². The van der Waals surface area contributed by atoms with Gasteiger partial charge in [-0.05, 0) is 41.9 Å². The van der Waals surface area contributed by atoms with E-state index in [4.69, 9.17) is 0 Å². The standard InChI is InChI=1S/C12H18BrN3O2S/c1-8(2)14-12(18)15-11(17)7-16(3)6-9-4-5-10(13)19-9/h4-5,8H,6-7H2,1-3H3,(H2,14,15,17,18)/p+1. The Kier molecular flexibility index (Phi) is 6.47. The molecule has 1 rings (SSSR count). The van der Waals surface area contributed by atoms with Crippen LogP contribution in [0, 0.1) is 0 Å². The molecule has 5 nitrogen and oxygen atoms in total. The van der Waals surface area contributed by atoms with Gasteiger partial charge in [0.2, 0.25) is 0 Å². The molecule has 1 heterocycles. The zero-order chi connectivity index (χ0) is 14.4. The monoisotopic (exact) mass is 348 g/mol. The van der Waals surface area contributed by atoms with Crippen molar-refractivity contribution in [2.24, 2.45) is 0 Å². The van der Waals surface area contributed by atoms with Crippen LogP contribution in [0.5, 0.6) is 0 Å². The van der Waals surface area contributed by atoms with Crippen molar-refractivity contribution < 1.29 is 14.5 Å². The van der Waals surface area contributed by atoms with Gasteiger partial charge in [-0.3, -0.25) is 10.1 Å². The normalized spacial score (nSPS) is 12.3. The van der Waals surface area contributed by atoms with Crippen LogP contribution in [0.4, 0.5) is 4.79 Å². The summed E-state index contributed by atoms with van der Waals surface area (Å²) in [5, 5.41) is 4.93. The number of hydrogen-bond acceptors (Lipinski definition) is 3. The van der Waals surface area contributed by atoms with Crippen LogP contribution < -0.4 is 15.5 Å². The summed E-state index contributed by atoms with van der Waals surface area (Å²) in [4.78, 5) is 25.2. The van der Waals surface area contributed by atoms with E-state index >= 15 is 0 Å². The first-order valence-electron chi connectivity index (χ1n) is 6.02. The second kappa shape index (κ2) is 7.62. The number of quaternary nitrogens is 1. The smallest absolute Gasteiger partial charge is 0.321 e. The predicted octanol–water partition coefficient (Wildman–Crippen LogP) is 0.760. The number of carbonyl (C=O) groups is 2. The molecule has 3 amide bonds. The third-order valence-electron chi connectivity index (χ3n) is 2.24. The number of nitrogens with one attached hydrogen (secondary N) is 3. The molecule has 0 aliphatic carbocycles. The minimum atomic E-state index is -0.438. The van der Waals surface area contributed by atoms with E-state index in [2.05, 4.69) is 26.6 Å². The highest BCUT2D eigenvalue weighted by Crippen LogP contribution is 2.20. The number of rotatable bonds is 5. The highest BCUT2D eigenvalue weighted by Gasteiger charge is 2.14. The number of amides is 3. The molecule has 106 valence electrons. The summed E-state index contributed by atoms with van der Waals surface area (Å²) < 4.78 is 1.08. The van der Waals surface area contributed by atoms with E-state index in [1.54, 1.807) is 11.3 Å². The van der Waals surface area contributed by atoms with Crippen LogP contribution in [0.3, 0.4) is 0 Å². The molecule has 1 aromatic heterocycles. The lowest BCUT2D eigenvalue weighted by Gasteiger charge is -2.13. The van der Waals surface area contributed by atoms with Crippen LogP contribution in [0.2, 0.25) is 0 Å². The van der Waals surface area contributed by atoms with Gasteiger partial charge in [-0.25, -0.2) is 4.79 Å². The highest BCUT2D eigenvalue weighted by atomic mass is 79.9. The van der Waals surface area contributed by atoms with Crippen molar-refractivity contribution >= 4 is 39.2 Å². The summed E-state index contributed by atoms with van der Waals surface area (Å²) in [5.41, 5.74) is 0. The largest absolute Gasteiger partial charge is 0.336 e. The quantitative estimate of drug-likeness (QED) is 0.735. The van der Waals surface area contributed by atoms with Crippen molar-refractivity contribution in [1.29, 1.82) is 0 Å². The lowest BCUT2D eigenvalue weighted by atomic mass is 10.4. The number of hydrogen-bond donors (Lipinski definition) is 3. The molecule has 0 aliphatic heterocycles. The Hall–Kier alpha value is -0.920. The zero-order valence-electron chi connectivity index (χ0n) is 11.2. The Balaban J connectivity index is 2.33. The van der Waals surface area contributed by atoms with E-state index in [1.807, 2.05) is 33.0 Å². The average Bonchev–Trinajstić information content (AvgIpc) is 2.61. The second-order valence-corrected chi connectivity index (χ2v) is 7.24. The molecule has 0 aliphatic rings. The molecule has 0 aromatic carbocycles. The fourth-order valence-electron chi connectivity index (χ4n) is 1.55.